The van der Waals surface area contributed by atoms with Crippen LogP contribution >= 0.6 is 11.8 Å². The van der Waals surface area contributed by atoms with Crippen molar-refractivity contribution in [2.45, 2.75) is 66.2 Å². The van der Waals surface area contributed by atoms with E-state index in [2.05, 4.69) is 10.3 Å². The predicted octanol–water partition coefficient (Wildman–Crippen LogP) is -4.72. The second-order valence-electron chi connectivity index (χ2n) is 6.92. The zero-order chi connectivity index (χ0) is 21.3. The molecule has 2 aliphatic heterocycles. The number of nitrogens with zero attached hydrogens (tertiary/aromatic N) is 3. The fourth-order valence-corrected chi connectivity index (χ4v) is 4.22. The summed E-state index contributed by atoms with van der Waals surface area (Å²) < 4.78 is 11.9. The van der Waals surface area contributed by atoms with Crippen LogP contribution in [0, 0.1) is 0 Å². The SMILES string of the molecule is OC[C@@H]1O[C@H](n2cc(CS[C@@H]3O[C@H](CO)[C@H](O)[C@H](O)[C@H]3O)nn2)[C@@H](O)[C@H](O)[C@@H]1O. The van der Waals surface area contributed by atoms with Crippen molar-refractivity contribution in [3.8, 4) is 0 Å². The van der Waals surface area contributed by atoms with Crippen molar-refractivity contribution in [2.24, 2.45) is 0 Å². The van der Waals surface area contributed by atoms with Gasteiger partial charge in [0.1, 0.15) is 54.3 Å². The van der Waals surface area contributed by atoms with Crippen LogP contribution in [0.25, 0.3) is 0 Å². The molecule has 1 aromatic rings. The molecule has 29 heavy (non-hydrogen) atoms. The predicted molar refractivity (Wildman–Crippen MR) is 94.1 cm³/mol. The van der Waals surface area contributed by atoms with E-state index in [0.717, 1.165) is 16.4 Å². The maximum atomic E-state index is 10.1. The van der Waals surface area contributed by atoms with E-state index < -0.39 is 73.7 Å². The summed E-state index contributed by atoms with van der Waals surface area (Å²) >= 11 is 1.05. The molecule has 0 bridgehead atoms. The lowest BCUT2D eigenvalue weighted by Gasteiger charge is -2.39. The largest absolute Gasteiger partial charge is 0.394 e. The highest BCUT2D eigenvalue weighted by Gasteiger charge is 2.45. The molecule has 10 atom stereocenters. The van der Waals surface area contributed by atoms with Gasteiger partial charge in [-0.25, -0.2) is 4.68 Å². The number of ether oxygens (including phenoxy) is 2. The van der Waals surface area contributed by atoms with Crippen molar-refractivity contribution in [3.63, 3.8) is 0 Å². The molecule has 2 saturated heterocycles. The van der Waals surface area contributed by atoms with Gasteiger partial charge < -0.3 is 50.3 Å². The fraction of sp³-hybridized carbons (Fsp3) is 0.867. The summed E-state index contributed by atoms with van der Waals surface area (Å²) in [6.45, 7) is -1.11. The van der Waals surface area contributed by atoms with Gasteiger partial charge in [-0.05, 0) is 0 Å². The lowest BCUT2D eigenvalue weighted by molar-refractivity contribution is -0.254. The molecule has 0 radical (unpaired) electrons. The van der Waals surface area contributed by atoms with Crippen molar-refractivity contribution in [1.82, 2.24) is 15.0 Å². The molecule has 2 fully saturated rings. The number of thioether (sulfide) groups is 1. The van der Waals surface area contributed by atoms with E-state index in [1.54, 1.807) is 0 Å². The van der Waals surface area contributed by atoms with Crippen molar-refractivity contribution < 1.29 is 50.3 Å². The molecule has 0 unspecified atom stereocenters. The minimum atomic E-state index is -1.55. The van der Waals surface area contributed by atoms with Crippen molar-refractivity contribution >= 4 is 11.8 Å². The first-order valence-corrected chi connectivity index (χ1v) is 9.96. The van der Waals surface area contributed by atoms with Crippen LogP contribution in [-0.4, -0.2) is 123 Å². The molecule has 13 nitrogen and oxygen atoms in total. The third-order valence-corrected chi connectivity index (χ3v) is 6.11. The Morgan fingerprint density at radius 3 is 2.03 bits per heavy atom. The van der Waals surface area contributed by atoms with Crippen molar-refractivity contribution in [3.05, 3.63) is 11.9 Å². The number of aliphatic hydroxyl groups is 8. The summed E-state index contributed by atoms with van der Waals surface area (Å²) in [4.78, 5) is 0. The van der Waals surface area contributed by atoms with Gasteiger partial charge in [0, 0.05) is 5.75 Å². The summed E-state index contributed by atoms with van der Waals surface area (Å²) in [5, 5.41) is 85.7. The molecule has 2 aliphatic rings. The van der Waals surface area contributed by atoms with Crippen LogP contribution in [0.2, 0.25) is 0 Å². The summed E-state index contributed by atoms with van der Waals surface area (Å²) in [6.07, 6.45) is -10.8. The minimum Gasteiger partial charge on any atom is -0.394 e. The number of rotatable bonds is 6. The van der Waals surface area contributed by atoms with Gasteiger partial charge >= 0.3 is 0 Å². The number of hydrogen-bond donors (Lipinski definition) is 8. The third kappa shape index (κ3) is 4.57. The highest BCUT2D eigenvalue weighted by atomic mass is 32.2. The lowest BCUT2D eigenvalue weighted by atomic mass is 9.98. The average molecular weight is 439 g/mol. The molecule has 0 aromatic carbocycles. The molecular formula is C15H25N3O10S. The van der Waals surface area contributed by atoms with Gasteiger partial charge in [0.15, 0.2) is 6.23 Å². The average Bonchev–Trinajstić information content (AvgIpc) is 3.19. The Labute approximate surface area is 169 Å². The Morgan fingerprint density at radius 2 is 1.41 bits per heavy atom. The molecule has 8 N–H and O–H groups in total. The van der Waals surface area contributed by atoms with Crippen LogP contribution in [0.1, 0.15) is 11.9 Å². The van der Waals surface area contributed by atoms with Gasteiger partial charge in [0.2, 0.25) is 0 Å². The summed E-state index contributed by atoms with van der Waals surface area (Å²) in [6, 6.07) is 0. The van der Waals surface area contributed by atoms with Gasteiger partial charge in [-0.1, -0.05) is 5.21 Å². The van der Waals surface area contributed by atoms with Crippen LogP contribution in [0.5, 0.6) is 0 Å². The van der Waals surface area contributed by atoms with Crippen molar-refractivity contribution in [2.75, 3.05) is 13.2 Å². The molecule has 3 heterocycles. The van der Waals surface area contributed by atoms with E-state index in [9.17, 15) is 40.9 Å². The first-order chi connectivity index (χ1) is 13.8. The fourth-order valence-electron chi connectivity index (χ4n) is 3.18. The van der Waals surface area contributed by atoms with E-state index in [-0.39, 0.29) is 5.75 Å². The highest BCUT2D eigenvalue weighted by molar-refractivity contribution is 7.99. The molecule has 0 spiro atoms. The second kappa shape index (κ2) is 9.49. The van der Waals surface area contributed by atoms with Crippen molar-refractivity contribution in [1.29, 1.82) is 0 Å². The van der Waals surface area contributed by atoms with Gasteiger partial charge in [-0.2, -0.15) is 0 Å². The van der Waals surface area contributed by atoms with Gasteiger partial charge in [0.05, 0.1) is 25.1 Å². The van der Waals surface area contributed by atoms with E-state index in [4.69, 9.17) is 9.47 Å². The topological polar surface area (TPSA) is 211 Å². The molecule has 3 rings (SSSR count). The normalized spacial score (nSPS) is 43.4. The number of aromatic nitrogens is 3. The molecular weight excluding hydrogens is 414 g/mol. The van der Waals surface area contributed by atoms with Gasteiger partial charge in [0.25, 0.3) is 0 Å². The summed E-state index contributed by atoms with van der Waals surface area (Å²) in [5.74, 6) is 0.153. The van der Waals surface area contributed by atoms with Crippen LogP contribution in [0.4, 0.5) is 0 Å². The molecule has 1 aromatic heterocycles. The molecule has 0 amide bonds. The standard InChI is InChI=1S/C15H25N3O10S/c19-2-6-8(21)10(23)12(25)14(27-6)18-1-5(16-17-18)4-29-15-13(26)11(24)9(22)7(3-20)28-15/h1,6-15,19-26H,2-4H2/t6-,7+,8+,9-,10+,11-,12-,13+,14-,15-/m0/s1. The van der Waals surface area contributed by atoms with E-state index in [1.165, 1.54) is 6.20 Å². The molecule has 0 aliphatic carbocycles. The third-order valence-electron chi connectivity index (χ3n) is 4.93. The number of aliphatic hydroxyl groups excluding tert-OH is 8. The zero-order valence-electron chi connectivity index (χ0n) is 15.1. The van der Waals surface area contributed by atoms with Crippen LogP contribution in [0.15, 0.2) is 6.20 Å². The van der Waals surface area contributed by atoms with Crippen LogP contribution in [-0.2, 0) is 15.2 Å². The lowest BCUT2D eigenvalue weighted by Crippen LogP contribution is -2.57. The highest BCUT2D eigenvalue weighted by Crippen LogP contribution is 2.31. The van der Waals surface area contributed by atoms with E-state index in [0.29, 0.717) is 5.69 Å². The van der Waals surface area contributed by atoms with E-state index in [1.807, 2.05) is 0 Å². The zero-order valence-corrected chi connectivity index (χ0v) is 15.9. The second-order valence-corrected chi connectivity index (χ2v) is 8.00. The first kappa shape index (κ1) is 22.8. The Kier molecular flexibility index (Phi) is 7.45. The maximum absolute atomic E-state index is 10.1. The minimum absolute atomic E-state index is 0.153. The monoisotopic (exact) mass is 439 g/mol. The Bertz CT molecular complexity index is 664. The quantitative estimate of drug-likeness (QED) is 0.210. The van der Waals surface area contributed by atoms with Gasteiger partial charge in [-0.15, -0.1) is 16.9 Å². The molecule has 166 valence electrons. The molecule has 14 heteroatoms. The Hall–Kier alpha value is -0.910. The Morgan fingerprint density at radius 1 is 0.828 bits per heavy atom. The molecule has 0 saturated carbocycles. The first-order valence-electron chi connectivity index (χ1n) is 8.91. The smallest absolute Gasteiger partial charge is 0.180 e. The summed E-state index contributed by atoms with van der Waals surface area (Å²) in [7, 11) is 0. The summed E-state index contributed by atoms with van der Waals surface area (Å²) in [5.41, 5.74) is -0.563. The number of hydrogen-bond acceptors (Lipinski definition) is 13. The van der Waals surface area contributed by atoms with E-state index >= 15 is 0 Å². The Balaban J connectivity index is 1.63. The van der Waals surface area contributed by atoms with Crippen LogP contribution in [0.3, 0.4) is 0 Å². The van der Waals surface area contributed by atoms with Gasteiger partial charge in [-0.3, -0.25) is 0 Å². The van der Waals surface area contributed by atoms with Crippen LogP contribution < -0.4 is 0 Å². The maximum Gasteiger partial charge on any atom is 0.180 e.